The smallest absolute Gasteiger partial charge is 0.388 e. The van der Waals surface area contributed by atoms with Crippen LogP contribution in [-0.4, -0.2) is 5.11 Å². The molecule has 1 aromatic rings. The molecule has 1 nitrogen and oxygen atoms in total. The molecule has 1 aromatic carbocycles. The molecule has 1 N–H and O–H groups in total. The Morgan fingerprint density at radius 2 is 1.75 bits per heavy atom. The second-order valence-corrected chi connectivity index (χ2v) is 4.96. The molecule has 0 fully saturated rings. The summed E-state index contributed by atoms with van der Waals surface area (Å²) in [5.41, 5.74) is -1.10. The average Bonchev–Trinajstić information content (AvgIpc) is 2.36. The molecule has 0 aliphatic heterocycles. The van der Waals surface area contributed by atoms with Crippen LogP contribution >= 0.6 is 0 Å². The molecule has 0 aliphatic rings. The van der Waals surface area contributed by atoms with Gasteiger partial charge in [0, 0.05) is 0 Å². The first-order valence-corrected chi connectivity index (χ1v) is 6.91. The van der Waals surface area contributed by atoms with Crippen LogP contribution in [0.5, 0.6) is 0 Å². The molecule has 0 heterocycles. The predicted octanol–water partition coefficient (Wildman–Crippen LogP) is 5.24. The summed E-state index contributed by atoms with van der Waals surface area (Å²) in [4.78, 5) is 0. The molecule has 0 aliphatic carbocycles. The lowest BCUT2D eigenvalue weighted by molar-refractivity contribution is -0.140. The Morgan fingerprint density at radius 1 is 1.10 bits per heavy atom. The first-order chi connectivity index (χ1) is 9.36. The SMILES string of the molecule is CCCCCCCC(O)c1ccc(C(F)(F)F)c(F)c1. The van der Waals surface area contributed by atoms with Gasteiger partial charge in [0.05, 0.1) is 11.7 Å². The number of alkyl halides is 3. The van der Waals surface area contributed by atoms with E-state index in [1.807, 2.05) is 0 Å². The van der Waals surface area contributed by atoms with Crippen LogP contribution in [0.2, 0.25) is 0 Å². The largest absolute Gasteiger partial charge is 0.419 e. The standard InChI is InChI=1S/C15H20F4O/c1-2-3-4-5-6-7-14(20)11-8-9-12(13(16)10-11)15(17,18)19/h8-10,14,20H,2-7H2,1H3. The molecule has 0 saturated heterocycles. The lowest BCUT2D eigenvalue weighted by Crippen LogP contribution is -2.09. The van der Waals surface area contributed by atoms with Gasteiger partial charge in [-0.2, -0.15) is 13.2 Å². The van der Waals surface area contributed by atoms with E-state index in [9.17, 15) is 22.7 Å². The molecular weight excluding hydrogens is 272 g/mol. The van der Waals surface area contributed by atoms with Gasteiger partial charge in [-0.15, -0.1) is 0 Å². The maximum Gasteiger partial charge on any atom is 0.419 e. The van der Waals surface area contributed by atoms with E-state index in [4.69, 9.17) is 0 Å². The Kier molecular flexibility index (Phi) is 6.46. The average molecular weight is 292 g/mol. The molecule has 1 rings (SSSR count). The van der Waals surface area contributed by atoms with Gasteiger partial charge in [0.15, 0.2) is 0 Å². The topological polar surface area (TPSA) is 20.2 Å². The molecule has 1 unspecified atom stereocenters. The van der Waals surface area contributed by atoms with E-state index in [0.717, 1.165) is 44.2 Å². The highest BCUT2D eigenvalue weighted by atomic mass is 19.4. The van der Waals surface area contributed by atoms with Crippen molar-refractivity contribution in [3.8, 4) is 0 Å². The quantitative estimate of drug-likeness (QED) is 0.538. The van der Waals surface area contributed by atoms with Crippen molar-refractivity contribution in [1.29, 1.82) is 0 Å². The summed E-state index contributed by atoms with van der Waals surface area (Å²) in [5.74, 6) is -1.33. The highest BCUT2D eigenvalue weighted by Gasteiger charge is 2.34. The Balaban J connectivity index is 2.57. The van der Waals surface area contributed by atoms with Gasteiger partial charge in [-0.1, -0.05) is 45.1 Å². The number of unbranched alkanes of at least 4 members (excludes halogenated alkanes) is 4. The van der Waals surface area contributed by atoms with Crippen LogP contribution in [0, 0.1) is 5.82 Å². The van der Waals surface area contributed by atoms with E-state index in [1.54, 1.807) is 0 Å². The maximum absolute atomic E-state index is 13.4. The van der Waals surface area contributed by atoms with Crippen LogP contribution in [0.3, 0.4) is 0 Å². The summed E-state index contributed by atoms with van der Waals surface area (Å²) >= 11 is 0. The van der Waals surface area contributed by atoms with E-state index in [-0.39, 0.29) is 5.56 Å². The van der Waals surface area contributed by atoms with Crippen LogP contribution in [0.1, 0.15) is 62.7 Å². The highest BCUT2D eigenvalue weighted by Crippen LogP contribution is 2.33. The van der Waals surface area contributed by atoms with Gasteiger partial charge in [0.25, 0.3) is 0 Å². The Bertz CT molecular complexity index is 415. The van der Waals surface area contributed by atoms with E-state index in [2.05, 4.69) is 6.92 Å². The molecule has 114 valence electrons. The van der Waals surface area contributed by atoms with Crippen molar-refractivity contribution in [1.82, 2.24) is 0 Å². The molecule has 0 spiro atoms. The van der Waals surface area contributed by atoms with Gasteiger partial charge in [0.1, 0.15) is 5.82 Å². The summed E-state index contributed by atoms with van der Waals surface area (Å²) in [6, 6.07) is 2.60. The lowest BCUT2D eigenvalue weighted by atomic mass is 10.0. The Hall–Kier alpha value is -1.10. The monoisotopic (exact) mass is 292 g/mol. The van der Waals surface area contributed by atoms with E-state index >= 15 is 0 Å². The molecule has 0 amide bonds. The number of hydrogen-bond acceptors (Lipinski definition) is 1. The number of hydrogen-bond donors (Lipinski definition) is 1. The van der Waals surface area contributed by atoms with E-state index in [0.29, 0.717) is 12.5 Å². The fourth-order valence-electron chi connectivity index (χ4n) is 2.08. The zero-order valence-corrected chi connectivity index (χ0v) is 11.5. The zero-order valence-electron chi connectivity index (χ0n) is 11.5. The first kappa shape index (κ1) is 17.0. The maximum atomic E-state index is 13.4. The van der Waals surface area contributed by atoms with Crippen LogP contribution in [0.4, 0.5) is 17.6 Å². The Labute approximate surface area is 116 Å². The Morgan fingerprint density at radius 3 is 2.30 bits per heavy atom. The minimum atomic E-state index is -4.70. The molecule has 1 atom stereocenters. The third-order valence-corrected chi connectivity index (χ3v) is 3.26. The number of halogens is 4. The zero-order chi connectivity index (χ0) is 15.2. The third-order valence-electron chi connectivity index (χ3n) is 3.26. The lowest BCUT2D eigenvalue weighted by Gasteiger charge is -2.13. The number of rotatable bonds is 7. The van der Waals surface area contributed by atoms with Gasteiger partial charge < -0.3 is 5.11 Å². The molecule has 0 saturated carbocycles. The van der Waals surface area contributed by atoms with Crippen molar-refractivity contribution < 1.29 is 22.7 Å². The fourth-order valence-corrected chi connectivity index (χ4v) is 2.08. The third kappa shape index (κ3) is 5.12. The predicted molar refractivity (Wildman–Crippen MR) is 69.7 cm³/mol. The van der Waals surface area contributed by atoms with Crippen molar-refractivity contribution in [2.75, 3.05) is 0 Å². The van der Waals surface area contributed by atoms with E-state index < -0.39 is 23.7 Å². The first-order valence-electron chi connectivity index (χ1n) is 6.91. The summed E-state index contributed by atoms with van der Waals surface area (Å²) in [7, 11) is 0. The fraction of sp³-hybridized carbons (Fsp3) is 0.600. The van der Waals surface area contributed by atoms with Crippen LogP contribution in [0.25, 0.3) is 0 Å². The van der Waals surface area contributed by atoms with Gasteiger partial charge in [-0.3, -0.25) is 0 Å². The summed E-state index contributed by atoms with van der Waals surface area (Å²) in [5, 5.41) is 9.85. The minimum Gasteiger partial charge on any atom is -0.388 e. The van der Waals surface area contributed by atoms with Crippen LogP contribution in [-0.2, 0) is 6.18 Å². The van der Waals surface area contributed by atoms with Crippen molar-refractivity contribution in [2.24, 2.45) is 0 Å². The molecule has 0 aromatic heterocycles. The van der Waals surface area contributed by atoms with Gasteiger partial charge in [-0.25, -0.2) is 4.39 Å². The number of benzene rings is 1. The second-order valence-electron chi connectivity index (χ2n) is 4.96. The van der Waals surface area contributed by atoms with Gasteiger partial charge in [0.2, 0.25) is 0 Å². The summed E-state index contributed by atoms with van der Waals surface area (Å²) in [6.45, 7) is 2.10. The van der Waals surface area contributed by atoms with Crippen molar-refractivity contribution in [3.05, 3.63) is 35.1 Å². The highest BCUT2D eigenvalue weighted by molar-refractivity contribution is 5.27. The molecule has 20 heavy (non-hydrogen) atoms. The summed E-state index contributed by atoms with van der Waals surface area (Å²) < 4.78 is 50.6. The molecule has 0 bridgehead atoms. The van der Waals surface area contributed by atoms with Crippen molar-refractivity contribution >= 4 is 0 Å². The normalized spacial score (nSPS) is 13.5. The second kappa shape index (κ2) is 7.62. The molecular formula is C15H20F4O. The van der Waals surface area contributed by atoms with Crippen LogP contribution < -0.4 is 0 Å². The minimum absolute atomic E-state index is 0.200. The van der Waals surface area contributed by atoms with Crippen molar-refractivity contribution in [3.63, 3.8) is 0 Å². The van der Waals surface area contributed by atoms with E-state index in [1.165, 1.54) is 0 Å². The van der Waals surface area contributed by atoms with Crippen molar-refractivity contribution in [2.45, 2.75) is 57.7 Å². The van der Waals surface area contributed by atoms with Gasteiger partial charge in [-0.05, 0) is 24.1 Å². The molecule has 5 heteroatoms. The molecule has 0 radical (unpaired) electrons. The number of aliphatic hydroxyl groups excluding tert-OH is 1. The van der Waals surface area contributed by atoms with Gasteiger partial charge >= 0.3 is 6.18 Å². The summed E-state index contributed by atoms with van der Waals surface area (Å²) in [6.07, 6.45) is -0.101. The number of aliphatic hydroxyl groups is 1. The van der Waals surface area contributed by atoms with Crippen LogP contribution in [0.15, 0.2) is 18.2 Å².